The van der Waals surface area contributed by atoms with Crippen LogP contribution in [0.2, 0.25) is 5.02 Å². The molecule has 9 heteroatoms. The fraction of sp³-hybridized carbons (Fsp3) is 0.345. The Morgan fingerprint density at radius 2 is 1.66 bits per heavy atom. The molecule has 0 bridgehead atoms. The molecule has 1 N–H and O–H groups in total. The van der Waals surface area contributed by atoms with Gasteiger partial charge in [0.2, 0.25) is 0 Å². The summed E-state index contributed by atoms with van der Waals surface area (Å²) in [6.07, 6.45) is 2.82. The second kappa shape index (κ2) is 11.4. The standard InChI is InChI=1S/C29H32ClN3O4S/c1-21-5-12-25(13-6-21)38(35,36)33-20-28(37-27-14-11-24(30)17-26(27)33)29(34)31-18-22-7-9-23(10-8-22)19-32-15-3-2-4-16-32/h5-14,17,28H,2-4,15-16,18-20H2,1H3,(H,31,34)/t28-/m0/s1. The van der Waals surface area contributed by atoms with E-state index in [2.05, 4.69) is 22.3 Å². The number of ether oxygens (including phenoxy) is 1. The van der Waals surface area contributed by atoms with Gasteiger partial charge in [0, 0.05) is 18.1 Å². The molecule has 3 aromatic carbocycles. The Morgan fingerprint density at radius 1 is 0.974 bits per heavy atom. The van der Waals surface area contributed by atoms with Gasteiger partial charge in [0.15, 0.2) is 6.10 Å². The maximum atomic E-state index is 13.6. The summed E-state index contributed by atoms with van der Waals surface area (Å²) < 4.78 is 34.3. The predicted octanol–water partition coefficient (Wildman–Crippen LogP) is 4.91. The largest absolute Gasteiger partial charge is 0.476 e. The molecule has 1 saturated heterocycles. The molecule has 0 saturated carbocycles. The van der Waals surface area contributed by atoms with E-state index < -0.39 is 16.1 Å². The molecule has 200 valence electrons. The lowest BCUT2D eigenvalue weighted by molar-refractivity contribution is -0.127. The maximum Gasteiger partial charge on any atom is 0.264 e. The summed E-state index contributed by atoms with van der Waals surface area (Å²) in [5.74, 6) is -0.0920. The lowest BCUT2D eigenvalue weighted by atomic mass is 10.1. The van der Waals surface area contributed by atoms with Crippen LogP contribution < -0.4 is 14.4 Å². The van der Waals surface area contributed by atoms with Gasteiger partial charge in [-0.1, -0.05) is 60.0 Å². The first-order chi connectivity index (χ1) is 18.3. The number of nitrogens with one attached hydrogen (secondary N) is 1. The van der Waals surface area contributed by atoms with Gasteiger partial charge in [0.25, 0.3) is 15.9 Å². The third-order valence-corrected chi connectivity index (χ3v) is 9.07. The number of sulfonamides is 1. The number of nitrogens with zero attached hydrogens (tertiary/aromatic N) is 2. The Hall–Kier alpha value is -3.07. The van der Waals surface area contributed by atoms with Crippen LogP contribution in [-0.2, 0) is 27.9 Å². The molecule has 38 heavy (non-hydrogen) atoms. The Bertz CT molecular complexity index is 1390. The molecule has 3 aromatic rings. The average molecular weight is 554 g/mol. The Kier molecular flexibility index (Phi) is 7.93. The van der Waals surface area contributed by atoms with Gasteiger partial charge in [0.1, 0.15) is 5.75 Å². The topological polar surface area (TPSA) is 79.0 Å². The number of rotatable bonds is 7. The van der Waals surface area contributed by atoms with Gasteiger partial charge in [0.05, 0.1) is 17.1 Å². The zero-order chi connectivity index (χ0) is 26.7. The van der Waals surface area contributed by atoms with Crippen LogP contribution in [0.3, 0.4) is 0 Å². The number of anilines is 1. The molecule has 1 fully saturated rings. The molecule has 7 nitrogen and oxygen atoms in total. The molecule has 2 heterocycles. The van der Waals surface area contributed by atoms with Crippen molar-refractivity contribution in [2.45, 2.75) is 50.3 Å². The van der Waals surface area contributed by atoms with E-state index in [1.807, 2.05) is 19.1 Å². The Balaban J connectivity index is 1.28. The van der Waals surface area contributed by atoms with E-state index in [-0.39, 0.29) is 17.3 Å². The first-order valence-corrected chi connectivity index (χ1v) is 14.7. The van der Waals surface area contributed by atoms with Crippen molar-refractivity contribution in [3.8, 4) is 5.75 Å². The fourth-order valence-corrected chi connectivity index (χ4v) is 6.50. The average Bonchev–Trinajstić information content (AvgIpc) is 2.92. The van der Waals surface area contributed by atoms with Crippen LogP contribution in [-0.4, -0.2) is 45.0 Å². The van der Waals surface area contributed by atoms with Crippen molar-refractivity contribution in [3.63, 3.8) is 0 Å². The number of piperidine rings is 1. The van der Waals surface area contributed by atoms with Crippen molar-refractivity contribution in [1.29, 1.82) is 0 Å². The van der Waals surface area contributed by atoms with Crippen LogP contribution in [0, 0.1) is 6.92 Å². The van der Waals surface area contributed by atoms with E-state index in [1.165, 1.54) is 29.1 Å². The number of likely N-dealkylation sites (tertiary alicyclic amines) is 1. The number of fused-ring (bicyclic) bond motifs is 1. The lowest BCUT2D eigenvalue weighted by Gasteiger charge is -2.35. The number of amides is 1. The summed E-state index contributed by atoms with van der Waals surface area (Å²) in [7, 11) is -3.95. The van der Waals surface area contributed by atoms with E-state index in [1.54, 1.807) is 42.5 Å². The maximum absolute atomic E-state index is 13.6. The summed E-state index contributed by atoms with van der Waals surface area (Å²) in [6.45, 7) is 5.28. The molecule has 0 radical (unpaired) electrons. The van der Waals surface area contributed by atoms with Crippen LogP contribution in [0.15, 0.2) is 71.6 Å². The van der Waals surface area contributed by atoms with Crippen molar-refractivity contribution in [2.24, 2.45) is 0 Å². The highest BCUT2D eigenvalue weighted by molar-refractivity contribution is 7.92. The van der Waals surface area contributed by atoms with Crippen molar-refractivity contribution < 1.29 is 17.9 Å². The fourth-order valence-electron chi connectivity index (χ4n) is 4.87. The number of aryl methyl sites for hydroxylation is 1. The van der Waals surface area contributed by atoms with Gasteiger partial charge < -0.3 is 10.1 Å². The smallest absolute Gasteiger partial charge is 0.264 e. The van der Waals surface area contributed by atoms with Gasteiger partial charge in [-0.3, -0.25) is 14.0 Å². The molecule has 0 aliphatic carbocycles. The molecule has 2 aliphatic heterocycles. The summed E-state index contributed by atoms with van der Waals surface area (Å²) in [5, 5.41) is 3.29. The van der Waals surface area contributed by atoms with Crippen molar-refractivity contribution in [2.75, 3.05) is 23.9 Å². The molecule has 0 unspecified atom stereocenters. The van der Waals surface area contributed by atoms with Gasteiger partial charge in [-0.2, -0.15) is 0 Å². The number of carbonyl (C=O) groups excluding carboxylic acids is 1. The molecule has 1 atom stereocenters. The number of carbonyl (C=O) groups is 1. The van der Waals surface area contributed by atoms with Crippen LogP contribution in [0.1, 0.15) is 36.0 Å². The van der Waals surface area contributed by atoms with E-state index in [0.29, 0.717) is 23.0 Å². The Labute approximate surface area is 229 Å². The molecule has 1 amide bonds. The van der Waals surface area contributed by atoms with Crippen molar-refractivity contribution in [3.05, 3.63) is 88.4 Å². The summed E-state index contributed by atoms with van der Waals surface area (Å²) in [4.78, 5) is 15.8. The third kappa shape index (κ3) is 5.98. The highest BCUT2D eigenvalue weighted by Gasteiger charge is 2.37. The second-order valence-corrected chi connectivity index (χ2v) is 12.2. The van der Waals surface area contributed by atoms with Crippen LogP contribution in [0.25, 0.3) is 0 Å². The summed E-state index contributed by atoms with van der Waals surface area (Å²) in [5.41, 5.74) is 3.48. The van der Waals surface area contributed by atoms with Gasteiger partial charge >= 0.3 is 0 Å². The first-order valence-electron chi connectivity index (χ1n) is 12.9. The zero-order valence-corrected chi connectivity index (χ0v) is 23.0. The SMILES string of the molecule is Cc1ccc(S(=O)(=O)N2C[C@@H](C(=O)NCc3ccc(CN4CCCCC4)cc3)Oc3ccc(Cl)cc32)cc1. The molecular weight excluding hydrogens is 522 g/mol. The van der Waals surface area contributed by atoms with Gasteiger partial charge in [-0.15, -0.1) is 0 Å². The van der Waals surface area contributed by atoms with Crippen molar-refractivity contribution in [1.82, 2.24) is 10.2 Å². The van der Waals surface area contributed by atoms with E-state index in [4.69, 9.17) is 16.3 Å². The second-order valence-electron chi connectivity index (χ2n) is 9.94. The molecule has 0 aromatic heterocycles. The highest BCUT2D eigenvalue weighted by atomic mass is 35.5. The van der Waals surface area contributed by atoms with E-state index in [9.17, 15) is 13.2 Å². The number of hydrogen-bond acceptors (Lipinski definition) is 5. The monoisotopic (exact) mass is 553 g/mol. The van der Waals surface area contributed by atoms with E-state index >= 15 is 0 Å². The minimum atomic E-state index is -3.95. The minimum absolute atomic E-state index is 0.139. The molecule has 0 spiro atoms. The molecular formula is C29H32ClN3O4S. The van der Waals surface area contributed by atoms with Gasteiger partial charge in [-0.25, -0.2) is 8.42 Å². The number of hydrogen-bond donors (Lipinski definition) is 1. The quantitative estimate of drug-likeness (QED) is 0.450. The van der Waals surface area contributed by atoms with Crippen LogP contribution in [0.4, 0.5) is 5.69 Å². The molecule has 2 aliphatic rings. The van der Waals surface area contributed by atoms with Crippen molar-refractivity contribution >= 4 is 33.2 Å². The van der Waals surface area contributed by atoms with Crippen LogP contribution in [0.5, 0.6) is 5.75 Å². The number of halogens is 1. The first kappa shape index (κ1) is 26.5. The van der Waals surface area contributed by atoms with Crippen LogP contribution >= 0.6 is 11.6 Å². The predicted molar refractivity (Wildman–Crippen MR) is 149 cm³/mol. The zero-order valence-electron chi connectivity index (χ0n) is 21.4. The van der Waals surface area contributed by atoms with Gasteiger partial charge in [-0.05, 0) is 74.3 Å². The summed E-state index contributed by atoms with van der Waals surface area (Å²) in [6, 6.07) is 19.6. The minimum Gasteiger partial charge on any atom is -0.476 e. The normalized spacial score (nSPS) is 17.9. The lowest BCUT2D eigenvalue weighted by Crippen LogP contribution is -2.50. The number of benzene rings is 3. The van der Waals surface area contributed by atoms with E-state index in [0.717, 1.165) is 30.8 Å². The highest BCUT2D eigenvalue weighted by Crippen LogP contribution is 2.39. The third-order valence-electron chi connectivity index (χ3n) is 7.04. The summed E-state index contributed by atoms with van der Waals surface area (Å²) >= 11 is 6.18. The molecule has 5 rings (SSSR count). The Morgan fingerprint density at radius 3 is 2.37 bits per heavy atom.